The molecule has 1 aromatic heterocycles. The lowest BCUT2D eigenvalue weighted by molar-refractivity contribution is 1.28. The van der Waals surface area contributed by atoms with E-state index in [0.29, 0.717) is 0 Å². The Morgan fingerprint density at radius 1 is 1.30 bits per heavy atom. The molecule has 0 unspecified atom stereocenters. The normalized spacial score (nSPS) is 10.0. The molecule has 0 aliphatic rings. The van der Waals surface area contributed by atoms with Crippen LogP contribution in [-0.2, 0) is 0 Å². The Bertz CT molecular complexity index is 278. The Kier molecular flexibility index (Phi) is 1.10. The van der Waals surface area contributed by atoms with E-state index >= 15 is 0 Å². The number of nitrogens with zero attached hydrogens (tertiary/aromatic N) is 2. The van der Waals surface area contributed by atoms with E-state index in [9.17, 15) is 0 Å². The van der Waals surface area contributed by atoms with Crippen LogP contribution in [0, 0.1) is 12.3 Å². The zero-order valence-electron chi connectivity index (χ0n) is 5.20. The molecule has 2 nitrogen and oxygen atoms in total. The summed E-state index contributed by atoms with van der Waals surface area (Å²) in [5, 5.41) is 0. The largest absolute Gasteiger partial charge is 0.252 e. The third kappa shape index (κ3) is 0.739. The Morgan fingerprint density at radius 3 is 3.20 bits per heavy atom. The van der Waals surface area contributed by atoms with Crippen molar-refractivity contribution in [3.63, 3.8) is 0 Å². The van der Waals surface area contributed by atoms with Gasteiger partial charge in [-0.3, -0.25) is 4.98 Å². The van der Waals surface area contributed by atoms with Crippen molar-refractivity contribution < 1.29 is 0 Å². The molecule has 0 aliphatic heterocycles. The fraction of sp³-hybridized carbons (Fsp3) is 0. The van der Waals surface area contributed by atoms with Gasteiger partial charge in [0.25, 0.3) is 0 Å². The van der Waals surface area contributed by atoms with Gasteiger partial charge in [0.05, 0.1) is 17.2 Å². The van der Waals surface area contributed by atoms with Crippen molar-refractivity contribution in [2.24, 2.45) is 0 Å². The number of fused-ring (bicyclic) bond motifs is 1. The van der Waals surface area contributed by atoms with E-state index in [1.807, 2.05) is 12.1 Å². The van der Waals surface area contributed by atoms with Gasteiger partial charge in [0.15, 0.2) is 0 Å². The van der Waals surface area contributed by atoms with Gasteiger partial charge < -0.3 is 0 Å². The first kappa shape index (κ1) is 5.35. The van der Waals surface area contributed by atoms with Gasteiger partial charge in [-0.25, -0.2) is 4.98 Å². The van der Waals surface area contributed by atoms with E-state index < -0.39 is 0 Å². The van der Waals surface area contributed by atoms with Crippen molar-refractivity contribution in [1.82, 2.24) is 9.97 Å². The highest BCUT2D eigenvalue weighted by molar-refractivity contribution is 5.72. The highest BCUT2D eigenvalue weighted by Crippen LogP contribution is 2.03. The van der Waals surface area contributed by atoms with Gasteiger partial charge in [0.2, 0.25) is 0 Å². The van der Waals surface area contributed by atoms with Crippen molar-refractivity contribution in [2.75, 3.05) is 0 Å². The number of hydrogen-bond donors (Lipinski definition) is 0. The van der Waals surface area contributed by atoms with Crippen LogP contribution in [0.5, 0.6) is 0 Å². The zero-order chi connectivity index (χ0) is 6.81. The fourth-order valence-electron chi connectivity index (χ4n) is 0.809. The molecule has 0 saturated heterocycles. The molecule has 0 atom stereocenters. The van der Waals surface area contributed by atoms with Crippen LogP contribution < -0.4 is 0 Å². The molecule has 2 rings (SSSR count). The van der Waals surface area contributed by atoms with Crippen LogP contribution in [0.3, 0.4) is 0 Å². The molecule has 46 valence electrons. The lowest BCUT2D eigenvalue weighted by Gasteiger charge is -1.89. The van der Waals surface area contributed by atoms with E-state index in [2.05, 4.69) is 22.2 Å². The summed E-state index contributed by atoms with van der Waals surface area (Å²) in [6, 6.07) is 8.39. The molecule has 0 fully saturated rings. The van der Waals surface area contributed by atoms with Gasteiger partial charge in [-0.2, -0.15) is 0 Å². The first-order valence-electron chi connectivity index (χ1n) is 2.96. The third-order valence-corrected chi connectivity index (χ3v) is 1.27. The van der Waals surface area contributed by atoms with Crippen molar-refractivity contribution in [1.29, 1.82) is 0 Å². The van der Waals surface area contributed by atoms with Crippen molar-refractivity contribution in [2.45, 2.75) is 0 Å². The zero-order valence-corrected chi connectivity index (χ0v) is 5.20. The van der Waals surface area contributed by atoms with Crippen LogP contribution in [0.15, 0.2) is 24.4 Å². The molecule has 0 bridgehead atoms. The van der Waals surface area contributed by atoms with Gasteiger partial charge in [-0.05, 0) is 18.2 Å². The van der Waals surface area contributed by atoms with Crippen molar-refractivity contribution >= 4 is 11.0 Å². The van der Waals surface area contributed by atoms with Gasteiger partial charge in [-0.1, -0.05) is 6.07 Å². The Balaban J connectivity index is 2.89. The molecule has 10 heavy (non-hydrogen) atoms. The average Bonchev–Trinajstić information content (AvgIpc) is 2.05. The summed E-state index contributed by atoms with van der Waals surface area (Å²) in [4.78, 5) is 8.01. The third-order valence-electron chi connectivity index (χ3n) is 1.27. The van der Waals surface area contributed by atoms with Crippen LogP contribution >= 0.6 is 0 Å². The molecule has 0 amide bonds. The molecule has 2 radical (unpaired) electrons. The van der Waals surface area contributed by atoms with Gasteiger partial charge in [-0.15, -0.1) is 0 Å². The fourth-order valence-corrected chi connectivity index (χ4v) is 0.809. The first-order valence-corrected chi connectivity index (χ1v) is 2.96. The van der Waals surface area contributed by atoms with Crippen molar-refractivity contribution in [3.8, 4) is 0 Å². The smallest absolute Gasteiger partial charge is 0.109 e. The minimum Gasteiger partial charge on any atom is -0.252 e. The molecule has 2 heteroatoms. The summed E-state index contributed by atoms with van der Waals surface area (Å²) in [5.74, 6) is 0. The second-order valence-corrected chi connectivity index (χ2v) is 1.91. The molecule has 1 heterocycles. The predicted octanol–water partition coefficient (Wildman–Crippen LogP) is 1.23. The molecule has 2 aromatic rings. The van der Waals surface area contributed by atoms with E-state index in [1.165, 1.54) is 0 Å². The van der Waals surface area contributed by atoms with Crippen LogP contribution in [0.1, 0.15) is 0 Å². The van der Waals surface area contributed by atoms with Crippen molar-refractivity contribution in [3.05, 3.63) is 36.7 Å². The van der Waals surface area contributed by atoms with Gasteiger partial charge in [0.1, 0.15) is 6.20 Å². The quantitative estimate of drug-likeness (QED) is 0.533. The van der Waals surface area contributed by atoms with Crippen LogP contribution in [0.4, 0.5) is 0 Å². The lowest BCUT2D eigenvalue weighted by atomic mass is 10.3. The summed E-state index contributed by atoms with van der Waals surface area (Å²) in [7, 11) is 0. The summed E-state index contributed by atoms with van der Waals surface area (Å²) in [5.41, 5.74) is 1.72. The highest BCUT2D eigenvalue weighted by Gasteiger charge is 1.89. The minimum atomic E-state index is 0.838. The topological polar surface area (TPSA) is 25.8 Å². The van der Waals surface area contributed by atoms with E-state index in [1.54, 1.807) is 12.3 Å². The maximum atomic E-state index is 4.04. The predicted molar refractivity (Wildman–Crippen MR) is 37.2 cm³/mol. The number of aromatic nitrogens is 2. The Labute approximate surface area is 58.6 Å². The highest BCUT2D eigenvalue weighted by atomic mass is 14.8. The van der Waals surface area contributed by atoms with E-state index in [-0.39, 0.29) is 0 Å². The molecular weight excluding hydrogens is 124 g/mol. The van der Waals surface area contributed by atoms with E-state index in [0.717, 1.165) is 11.0 Å². The molecule has 0 N–H and O–H groups in total. The van der Waals surface area contributed by atoms with Crippen LogP contribution in [-0.4, -0.2) is 9.97 Å². The summed E-state index contributed by atoms with van der Waals surface area (Å²) in [6.45, 7) is 0. The SMILES string of the molecule is [c]1ccc2nc[c]nc2c1. The lowest BCUT2D eigenvalue weighted by Crippen LogP contribution is -1.79. The summed E-state index contributed by atoms with van der Waals surface area (Å²) < 4.78 is 0. The Hall–Kier alpha value is -1.44. The number of hydrogen-bond acceptors (Lipinski definition) is 2. The molecule has 0 saturated carbocycles. The number of rotatable bonds is 0. The Morgan fingerprint density at radius 2 is 2.30 bits per heavy atom. The minimum absolute atomic E-state index is 0.838. The summed E-state index contributed by atoms with van der Waals surface area (Å²) >= 11 is 0. The standard InChI is InChI=1S/C8H4N2/c1-2-4-8-7(3-1)9-5-6-10-8/h1,3-5H. The number of benzene rings is 1. The van der Waals surface area contributed by atoms with Crippen LogP contribution in [0.2, 0.25) is 0 Å². The average molecular weight is 128 g/mol. The second kappa shape index (κ2) is 2.06. The first-order chi connectivity index (χ1) is 4.97. The van der Waals surface area contributed by atoms with Gasteiger partial charge in [0, 0.05) is 0 Å². The van der Waals surface area contributed by atoms with E-state index in [4.69, 9.17) is 0 Å². The molecule has 0 aliphatic carbocycles. The van der Waals surface area contributed by atoms with Gasteiger partial charge >= 0.3 is 0 Å². The molecule has 1 aromatic carbocycles. The molecule has 0 spiro atoms. The maximum Gasteiger partial charge on any atom is 0.109 e. The second-order valence-electron chi connectivity index (χ2n) is 1.91. The van der Waals surface area contributed by atoms with Crippen LogP contribution in [0.25, 0.3) is 11.0 Å². The monoisotopic (exact) mass is 128 g/mol. The maximum absolute atomic E-state index is 4.04. The summed E-state index contributed by atoms with van der Waals surface area (Å²) in [6.07, 6.45) is 4.21. The molecular formula is C8H4N2.